The molecule has 27 heavy (non-hydrogen) atoms. The summed E-state index contributed by atoms with van der Waals surface area (Å²) < 4.78 is 39.0. The lowest BCUT2D eigenvalue weighted by Gasteiger charge is -2.13. The number of halogens is 1. The minimum atomic E-state index is -0.767. The molecule has 0 saturated carbocycles. The number of hydrogen-bond acceptors (Lipinski definition) is 7. The van der Waals surface area contributed by atoms with Crippen LogP contribution in [0.2, 0.25) is 0 Å². The summed E-state index contributed by atoms with van der Waals surface area (Å²) >= 11 is 0. The number of Topliss-reactive ketones (excluding diaryl/α,β-unsaturated/α-hetero) is 1. The van der Waals surface area contributed by atoms with Gasteiger partial charge in [-0.3, -0.25) is 4.79 Å². The molecule has 0 saturated heterocycles. The molecule has 0 amide bonds. The molecule has 2 rings (SSSR count). The third-order valence-corrected chi connectivity index (χ3v) is 3.71. The van der Waals surface area contributed by atoms with E-state index in [2.05, 4.69) is 0 Å². The summed E-state index contributed by atoms with van der Waals surface area (Å²) in [6, 6.07) is 6.54. The Kier molecular flexibility index (Phi) is 6.59. The smallest absolute Gasteiger partial charge is 0.338 e. The molecule has 144 valence electrons. The van der Waals surface area contributed by atoms with Gasteiger partial charge in [0.15, 0.2) is 35.5 Å². The largest absolute Gasteiger partial charge is 0.494 e. The number of ketones is 1. The van der Waals surface area contributed by atoms with Crippen molar-refractivity contribution in [3.8, 4) is 23.0 Å². The Morgan fingerprint density at radius 2 is 1.41 bits per heavy atom. The predicted octanol–water partition coefficient (Wildman–Crippen LogP) is 2.90. The second kappa shape index (κ2) is 8.88. The molecular formula is C19H19FO7. The van der Waals surface area contributed by atoms with Gasteiger partial charge in [-0.25, -0.2) is 9.18 Å². The van der Waals surface area contributed by atoms with Gasteiger partial charge in [0, 0.05) is 5.56 Å². The Labute approximate surface area is 155 Å². The number of esters is 1. The van der Waals surface area contributed by atoms with Gasteiger partial charge in [0.2, 0.25) is 5.75 Å². The van der Waals surface area contributed by atoms with E-state index in [1.165, 1.54) is 52.7 Å². The third-order valence-electron chi connectivity index (χ3n) is 3.71. The number of ether oxygens (including phenoxy) is 5. The van der Waals surface area contributed by atoms with E-state index in [1.54, 1.807) is 0 Å². The zero-order valence-electron chi connectivity index (χ0n) is 15.3. The number of rotatable bonds is 8. The molecule has 0 spiro atoms. The van der Waals surface area contributed by atoms with Gasteiger partial charge in [0.1, 0.15) is 0 Å². The summed E-state index contributed by atoms with van der Waals surface area (Å²) in [7, 11) is 5.58. The van der Waals surface area contributed by atoms with Crippen LogP contribution in [0.15, 0.2) is 30.3 Å². The van der Waals surface area contributed by atoms with E-state index in [0.29, 0.717) is 5.75 Å². The Hall–Kier alpha value is -3.29. The number of carbonyl (C=O) groups excluding carboxylic acids is 2. The Bertz CT molecular complexity index is 823. The van der Waals surface area contributed by atoms with E-state index >= 15 is 0 Å². The maximum absolute atomic E-state index is 13.7. The van der Waals surface area contributed by atoms with Gasteiger partial charge in [-0.05, 0) is 30.3 Å². The lowest BCUT2D eigenvalue weighted by Crippen LogP contribution is -2.15. The highest BCUT2D eigenvalue weighted by Gasteiger charge is 2.19. The third kappa shape index (κ3) is 4.46. The average molecular weight is 378 g/mol. The summed E-state index contributed by atoms with van der Waals surface area (Å²) in [5.41, 5.74) is 0.171. The van der Waals surface area contributed by atoms with Crippen LogP contribution in [0.25, 0.3) is 0 Å². The molecule has 2 aromatic rings. The van der Waals surface area contributed by atoms with E-state index in [1.807, 2.05) is 0 Å². The number of hydrogen-bond donors (Lipinski definition) is 0. The van der Waals surface area contributed by atoms with Gasteiger partial charge in [-0.1, -0.05) is 0 Å². The lowest BCUT2D eigenvalue weighted by molar-refractivity contribution is 0.0474. The Morgan fingerprint density at radius 3 is 1.89 bits per heavy atom. The molecule has 0 atom stereocenters. The first-order valence-electron chi connectivity index (χ1n) is 7.79. The highest BCUT2D eigenvalue weighted by atomic mass is 19.1. The maximum Gasteiger partial charge on any atom is 0.338 e. The van der Waals surface area contributed by atoms with E-state index in [9.17, 15) is 14.0 Å². The average Bonchev–Trinajstić information content (AvgIpc) is 2.70. The van der Waals surface area contributed by atoms with Crippen molar-refractivity contribution in [3.05, 3.63) is 47.3 Å². The second-order valence-corrected chi connectivity index (χ2v) is 5.26. The van der Waals surface area contributed by atoms with Gasteiger partial charge in [-0.2, -0.15) is 0 Å². The van der Waals surface area contributed by atoms with E-state index in [0.717, 1.165) is 6.07 Å². The van der Waals surface area contributed by atoms with Crippen molar-refractivity contribution in [1.29, 1.82) is 0 Å². The quantitative estimate of drug-likeness (QED) is 0.516. The van der Waals surface area contributed by atoms with Gasteiger partial charge < -0.3 is 23.7 Å². The minimum absolute atomic E-state index is 0.0148. The minimum Gasteiger partial charge on any atom is -0.494 e. The van der Waals surface area contributed by atoms with Crippen LogP contribution in [0.3, 0.4) is 0 Å². The van der Waals surface area contributed by atoms with Crippen molar-refractivity contribution in [2.24, 2.45) is 0 Å². The number of carbonyl (C=O) groups is 2. The molecule has 0 aromatic heterocycles. The second-order valence-electron chi connectivity index (χ2n) is 5.26. The van der Waals surface area contributed by atoms with Crippen LogP contribution in [0.5, 0.6) is 23.0 Å². The molecule has 0 unspecified atom stereocenters. The molecule has 7 nitrogen and oxygen atoms in total. The van der Waals surface area contributed by atoms with Crippen molar-refractivity contribution in [1.82, 2.24) is 0 Å². The zero-order chi connectivity index (χ0) is 20.0. The summed E-state index contributed by atoms with van der Waals surface area (Å²) in [6.45, 7) is -0.554. The predicted molar refractivity (Wildman–Crippen MR) is 93.7 cm³/mol. The lowest BCUT2D eigenvalue weighted by atomic mass is 10.1. The number of methoxy groups -OCH3 is 4. The molecule has 0 bridgehead atoms. The Balaban J connectivity index is 2.13. The normalized spacial score (nSPS) is 10.1. The van der Waals surface area contributed by atoms with Crippen molar-refractivity contribution >= 4 is 11.8 Å². The van der Waals surface area contributed by atoms with Crippen LogP contribution in [0.1, 0.15) is 20.7 Å². The summed E-state index contributed by atoms with van der Waals surface area (Å²) in [5.74, 6) is -1.13. The first kappa shape index (κ1) is 20.0. The van der Waals surface area contributed by atoms with Crippen LogP contribution >= 0.6 is 0 Å². The molecule has 0 N–H and O–H groups in total. The highest BCUT2D eigenvalue weighted by Crippen LogP contribution is 2.38. The van der Waals surface area contributed by atoms with Crippen molar-refractivity contribution in [2.45, 2.75) is 0 Å². The SMILES string of the molecule is COc1ccc(C(=O)COC(=O)c2cc(OC)c(OC)c(OC)c2)cc1F. The fraction of sp³-hybridized carbons (Fsp3) is 0.263. The Morgan fingerprint density at radius 1 is 0.815 bits per heavy atom. The number of benzene rings is 2. The zero-order valence-corrected chi connectivity index (χ0v) is 15.3. The van der Waals surface area contributed by atoms with Crippen molar-refractivity contribution in [3.63, 3.8) is 0 Å². The fourth-order valence-corrected chi connectivity index (χ4v) is 2.34. The van der Waals surface area contributed by atoms with Gasteiger partial charge in [0.05, 0.1) is 34.0 Å². The van der Waals surface area contributed by atoms with Gasteiger partial charge >= 0.3 is 5.97 Å². The van der Waals surface area contributed by atoms with Gasteiger partial charge in [0.25, 0.3) is 0 Å². The molecular weight excluding hydrogens is 359 g/mol. The molecule has 0 aliphatic rings. The topological polar surface area (TPSA) is 80.3 Å². The van der Waals surface area contributed by atoms with E-state index in [-0.39, 0.29) is 28.4 Å². The molecule has 0 heterocycles. The van der Waals surface area contributed by atoms with Crippen LogP contribution < -0.4 is 18.9 Å². The maximum atomic E-state index is 13.7. The summed E-state index contributed by atoms with van der Waals surface area (Å²) in [6.07, 6.45) is 0. The molecule has 8 heteroatoms. The molecule has 0 fully saturated rings. The van der Waals surface area contributed by atoms with Crippen molar-refractivity contribution in [2.75, 3.05) is 35.0 Å². The first-order chi connectivity index (χ1) is 12.9. The first-order valence-corrected chi connectivity index (χ1v) is 7.79. The van der Waals surface area contributed by atoms with E-state index in [4.69, 9.17) is 23.7 Å². The summed E-state index contributed by atoms with van der Waals surface area (Å²) in [4.78, 5) is 24.4. The van der Waals surface area contributed by atoms with Crippen molar-refractivity contribution < 1.29 is 37.7 Å². The van der Waals surface area contributed by atoms with Crippen LogP contribution in [-0.2, 0) is 4.74 Å². The summed E-state index contributed by atoms with van der Waals surface area (Å²) in [5, 5.41) is 0. The standard InChI is InChI=1S/C19H19FO7/c1-23-15-6-5-11(7-13(15)20)14(21)10-27-19(22)12-8-16(24-2)18(26-4)17(9-12)25-3/h5-9H,10H2,1-4H3. The van der Waals surface area contributed by atoms with Crippen LogP contribution in [0.4, 0.5) is 4.39 Å². The monoisotopic (exact) mass is 378 g/mol. The van der Waals surface area contributed by atoms with Crippen LogP contribution in [-0.4, -0.2) is 46.8 Å². The molecule has 0 aliphatic heterocycles. The fourth-order valence-electron chi connectivity index (χ4n) is 2.34. The highest BCUT2D eigenvalue weighted by molar-refractivity contribution is 5.99. The molecule has 2 aromatic carbocycles. The van der Waals surface area contributed by atoms with E-state index < -0.39 is 24.2 Å². The van der Waals surface area contributed by atoms with Crippen LogP contribution in [0, 0.1) is 5.82 Å². The van der Waals surface area contributed by atoms with Gasteiger partial charge in [-0.15, -0.1) is 0 Å². The molecule has 0 aliphatic carbocycles. The molecule has 0 radical (unpaired) electrons.